The van der Waals surface area contributed by atoms with Crippen LogP contribution >= 0.6 is 0 Å². The normalized spacial score (nSPS) is 22.6. The SMILES string of the molecule is O=S(=O)(c1ccccc1)C1CCOCOC1. The van der Waals surface area contributed by atoms with Crippen LogP contribution in [0.2, 0.25) is 0 Å². The van der Waals surface area contributed by atoms with Crippen LogP contribution in [0.3, 0.4) is 0 Å². The summed E-state index contributed by atoms with van der Waals surface area (Å²) in [6.07, 6.45) is 0.483. The predicted molar refractivity (Wildman–Crippen MR) is 58.8 cm³/mol. The highest BCUT2D eigenvalue weighted by Crippen LogP contribution is 2.19. The minimum Gasteiger partial charge on any atom is -0.355 e. The second-order valence-electron chi connectivity index (χ2n) is 3.67. The number of benzene rings is 1. The first-order valence-electron chi connectivity index (χ1n) is 5.16. The minimum absolute atomic E-state index is 0.181. The number of rotatable bonds is 2. The Kier molecular flexibility index (Phi) is 3.58. The Labute approximate surface area is 95.1 Å². The Morgan fingerprint density at radius 3 is 2.62 bits per heavy atom. The van der Waals surface area contributed by atoms with Crippen LogP contribution in [0.15, 0.2) is 35.2 Å². The van der Waals surface area contributed by atoms with Crippen LogP contribution < -0.4 is 0 Å². The Balaban J connectivity index is 2.24. The highest BCUT2D eigenvalue weighted by atomic mass is 32.2. The smallest absolute Gasteiger partial charge is 0.183 e. The first-order valence-corrected chi connectivity index (χ1v) is 6.70. The lowest BCUT2D eigenvalue weighted by molar-refractivity contribution is -0.0315. The second kappa shape index (κ2) is 4.95. The van der Waals surface area contributed by atoms with Gasteiger partial charge in [0, 0.05) is 0 Å². The number of hydrogen-bond acceptors (Lipinski definition) is 4. The maximum Gasteiger partial charge on any atom is 0.183 e. The molecule has 4 nitrogen and oxygen atoms in total. The van der Waals surface area contributed by atoms with Gasteiger partial charge in [-0.25, -0.2) is 8.42 Å². The summed E-state index contributed by atoms with van der Waals surface area (Å²) in [5.41, 5.74) is 0. The van der Waals surface area contributed by atoms with Crippen LogP contribution in [0.5, 0.6) is 0 Å². The van der Waals surface area contributed by atoms with Crippen molar-refractivity contribution in [2.24, 2.45) is 0 Å². The van der Waals surface area contributed by atoms with Crippen LogP contribution in [-0.4, -0.2) is 33.7 Å². The molecule has 0 amide bonds. The van der Waals surface area contributed by atoms with E-state index in [0.29, 0.717) is 17.9 Å². The monoisotopic (exact) mass is 242 g/mol. The predicted octanol–water partition coefficient (Wildman–Crippen LogP) is 1.22. The number of sulfone groups is 1. The molecule has 1 heterocycles. The lowest BCUT2D eigenvalue weighted by atomic mass is 10.3. The van der Waals surface area contributed by atoms with E-state index in [0.717, 1.165) is 0 Å². The van der Waals surface area contributed by atoms with E-state index in [9.17, 15) is 8.42 Å². The van der Waals surface area contributed by atoms with Crippen LogP contribution in [0.25, 0.3) is 0 Å². The van der Waals surface area contributed by atoms with Gasteiger partial charge in [-0.2, -0.15) is 0 Å². The fourth-order valence-corrected chi connectivity index (χ4v) is 3.25. The summed E-state index contributed by atoms with van der Waals surface area (Å²) >= 11 is 0. The van der Waals surface area contributed by atoms with E-state index in [1.54, 1.807) is 30.3 Å². The van der Waals surface area contributed by atoms with E-state index in [-0.39, 0.29) is 13.4 Å². The molecule has 0 radical (unpaired) electrons. The Hall–Kier alpha value is -0.910. The van der Waals surface area contributed by atoms with Gasteiger partial charge in [0.1, 0.15) is 6.79 Å². The zero-order chi connectivity index (χ0) is 11.4. The average molecular weight is 242 g/mol. The van der Waals surface area contributed by atoms with Gasteiger partial charge in [0.05, 0.1) is 23.4 Å². The van der Waals surface area contributed by atoms with Crippen molar-refractivity contribution in [3.05, 3.63) is 30.3 Å². The molecule has 0 bridgehead atoms. The first kappa shape index (κ1) is 11.6. The van der Waals surface area contributed by atoms with Gasteiger partial charge in [-0.15, -0.1) is 0 Å². The molecule has 1 saturated heterocycles. The quantitative estimate of drug-likeness (QED) is 0.782. The van der Waals surface area contributed by atoms with Crippen LogP contribution in [0.1, 0.15) is 6.42 Å². The average Bonchev–Trinajstić information content (AvgIpc) is 2.59. The van der Waals surface area contributed by atoms with Gasteiger partial charge in [-0.1, -0.05) is 18.2 Å². The van der Waals surface area contributed by atoms with Gasteiger partial charge in [-0.05, 0) is 18.6 Å². The maximum atomic E-state index is 12.2. The van der Waals surface area contributed by atoms with E-state index in [2.05, 4.69) is 0 Å². The minimum atomic E-state index is -3.29. The highest BCUT2D eigenvalue weighted by molar-refractivity contribution is 7.92. The fraction of sp³-hybridized carbons (Fsp3) is 0.455. The Bertz CT molecular complexity index is 419. The third-order valence-corrected chi connectivity index (χ3v) is 4.74. The summed E-state index contributed by atoms with van der Waals surface area (Å²) in [7, 11) is -3.29. The Morgan fingerprint density at radius 2 is 1.88 bits per heavy atom. The van der Waals surface area contributed by atoms with Crippen molar-refractivity contribution in [3.8, 4) is 0 Å². The largest absolute Gasteiger partial charge is 0.355 e. The molecule has 1 aromatic rings. The molecule has 0 aliphatic carbocycles. The van der Waals surface area contributed by atoms with Gasteiger partial charge in [0.15, 0.2) is 9.84 Å². The third kappa shape index (κ3) is 2.42. The molecule has 1 fully saturated rings. The van der Waals surface area contributed by atoms with Crippen LogP contribution in [0.4, 0.5) is 0 Å². The molecular weight excluding hydrogens is 228 g/mol. The molecule has 2 rings (SSSR count). The second-order valence-corrected chi connectivity index (χ2v) is 5.89. The van der Waals surface area contributed by atoms with Crippen molar-refractivity contribution < 1.29 is 17.9 Å². The highest BCUT2D eigenvalue weighted by Gasteiger charge is 2.28. The summed E-state index contributed by atoms with van der Waals surface area (Å²) < 4.78 is 34.6. The van der Waals surface area contributed by atoms with Crippen LogP contribution in [-0.2, 0) is 19.3 Å². The molecule has 1 unspecified atom stereocenters. The molecule has 0 saturated carbocycles. The van der Waals surface area contributed by atoms with Crippen LogP contribution in [0, 0.1) is 0 Å². The van der Waals surface area contributed by atoms with Crippen molar-refractivity contribution in [2.75, 3.05) is 20.0 Å². The summed E-state index contributed by atoms with van der Waals surface area (Å²) in [4.78, 5) is 0.352. The summed E-state index contributed by atoms with van der Waals surface area (Å²) in [5, 5.41) is -0.502. The maximum absolute atomic E-state index is 12.2. The van der Waals surface area contributed by atoms with E-state index < -0.39 is 15.1 Å². The number of hydrogen-bond donors (Lipinski definition) is 0. The zero-order valence-electron chi connectivity index (χ0n) is 8.83. The van der Waals surface area contributed by atoms with Crippen molar-refractivity contribution >= 4 is 9.84 Å². The molecule has 5 heteroatoms. The van der Waals surface area contributed by atoms with Gasteiger partial charge in [0.2, 0.25) is 0 Å². The number of ether oxygens (including phenoxy) is 2. The molecule has 1 aliphatic rings. The van der Waals surface area contributed by atoms with Gasteiger partial charge >= 0.3 is 0 Å². The molecule has 1 aromatic carbocycles. The van der Waals surface area contributed by atoms with Crippen molar-refractivity contribution in [3.63, 3.8) is 0 Å². The van der Waals surface area contributed by atoms with E-state index in [1.807, 2.05) is 0 Å². The van der Waals surface area contributed by atoms with Crippen molar-refractivity contribution in [1.29, 1.82) is 0 Å². The third-order valence-electron chi connectivity index (χ3n) is 2.57. The van der Waals surface area contributed by atoms with Crippen molar-refractivity contribution in [1.82, 2.24) is 0 Å². The van der Waals surface area contributed by atoms with E-state index >= 15 is 0 Å². The summed E-state index contributed by atoms with van der Waals surface area (Å²) in [6, 6.07) is 8.47. The topological polar surface area (TPSA) is 52.6 Å². The van der Waals surface area contributed by atoms with Crippen molar-refractivity contribution in [2.45, 2.75) is 16.6 Å². The van der Waals surface area contributed by atoms with Gasteiger partial charge in [-0.3, -0.25) is 0 Å². The molecule has 0 N–H and O–H groups in total. The first-order chi connectivity index (χ1) is 7.71. The van der Waals surface area contributed by atoms with Gasteiger partial charge < -0.3 is 9.47 Å². The fourth-order valence-electron chi connectivity index (χ4n) is 1.64. The zero-order valence-corrected chi connectivity index (χ0v) is 9.65. The Morgan fingerprint density at radius 1 is 1.12 bits per heavy atom. The molecule has 1 aliphatic heterocycles. The molecular formula is C11H14O4S. The lowest BCUT2D eigenvalue weighted by Gasteiger charge is -2.13. The van der Waals surface area contributed by atoms with E-state index in [4.69, 9.17) is 9.47 Å². The molecule has 16 heavy (non-hydrogen) atoms. The van der Waals surface area contributed by atoms with Gasteiger partial charge in [0.25, 0.3) is 0 Å². The summed E-state index contributed by atoms with van der Waals surface area (Å²) in [5.74, 6) is 0. The molecule has 0 spiro atoms. The molecule has 88 valence electrons. The molecule has 0 aromatic heterocycles. The lowest BCUT2D eigenvalue weighted by Crippen LogP contribution is -2.26. The summed E-state index contributed by atoms with van der Waals surface area (Å²) in [6.45, 7) is 0.814. The molecule has 1 atom stereocenters. The standard InChI is InChI=1S/C11H14O4S/c12-16(13,10-4-2-1-3-5-10)11-6-7-14-9-15-8-11/h1-5,11H,6-9H2. The van der Waals surface area contributed by atoms with E-state index in [1.165, 1.54) is 0 Å².